The van der Waals surface area contributed by atoms with Crippen LogP contribution >= 0.6 is 0 Å². The Morgan fingerprint density at radius 1 is 0.304 bits per heavy atom. The van der Waals surface area contributed by atoms with Crippen molar-refractivity contribution in [2.75, 3.05) is 4.90 Å². The van der Waals surface area contributed by atoms with Gasteiger partial charge in [0.2, 0.25) is 0 Å². The molecule has 2 heteroatoms. The Morgan fingerprint density at radius 3 is 1.57 bits per heavy atom. The largest absolute Gasteiger partial charge is 0.310 e. The molecule has 0 aliphatic rings. The van der Waals surface area contributed by atoms with E-state index in [-0.39, 0.29) is 0 Å². The first-order chi connectivity index (χ1) is 27.8. The number of hydrogen-bond acceptors (Lipinski definition) is 1. The Hall–Kier alpha value is -7.42. The topological polar surface area (TPSA) is 8.17 Å². The first-order valence-electron chi connectivity index (χ1n) is 19.3. The Bertz CT molecular complexity index is 3210. The number of nitrogens with zero attached hydrogens (tertiary/aromatic N) is 2. The molecule has 1 heterocycles. The van der Waals surface area contributed by atoms with Crippen LogP contribution in [0.5, 0.6) is 0 Å². The van der Waals surface area contributed by atoms with E-state index < -0.39 is 0 Å². The predicted octanol–water partition coefficient (Wildman–Crippen LogP) is 15.0. The normalized spacial score (nSPS) is 11.6. The molecular formula is C54H36N2. The number of anilines is 3. The molecule has 0 amide bonds. The van der Waals surface area contributed by atoms with E-state index in [1.165, 1.54) is 76.4 Å². The zero-order valence-corrected chi connectivity index (χ0v) is 30.7. The number of fused-ring (bicyclic) bond motifs is 7. The summed E-state index contributed by atoms with van der Waals surface area (Å²) >= 11 is 0. The van der Waals surface area contributed by atoms with Gasteiger partial charge in [-0.3, -0.25) is 0 Å². The van der Waals surface area contributed by atoms with E-state index in [0.717, 1.165) is 22.7 Å². The lowest BCUT2D eigenvalue weighted by Gasteiger charge is -2.27. The third kappa shape index (κ3) is 5.26. The molecule has 0 bridgehead atoms. The fraction of sp³-hybridized carbons (Fsp3) is 0. The van der Waals surface area contributed by atoms with E-state index in [2.05, 4.69) is 228 Å². The van der Waals surface area contributed by atoms with E-state index in [1.807, 2.05) is 0 Å². The Balaban J connectivity index is 1.14. The summed E-state index contributed by atoms with van der Waals surface area (Å²) in [6.07, 6.45) is 0. The van der Waals surface area contributed by atoms with E-state index in [4.69, 9.17) is 0 Å². The van der Waals surface area contributed by atoms with Gasteiger partial charge in [-0.1, -0.05) is 164 Å². The zero-order chi connectivity index (χ0) is 37.0. The molecule has 2 nitrogen and oxygen atoms in total. The average Bonchev–Trinajstić information content (AvgIpc) is 3.61. The number of rotatable bonds is 6. The lowest BCUT2D eigenvalue weighted by Crippen LogP contribution is -2.10. The molecule has 0 aliphatic carbocycles. The number of benzene rings is 10. The molecule has 0 fully saturated rings. The van der Waals surface area contributed by atoms with E-state index in [0.29, 0.717) is 0 Å². The molecule has 56 heavy (non-hydrogen) atoms. The first-order valence-corrected chi connectivity index (χ1v) is 19.3. The molecule has 11 aromatic rings. The smallest absolute Gasteiger partial charge is 0.0541 e. The Morgan fingerprint density at radius 2 is 0.821 bits per heavy atom. The molecule has 0 saturated carbocycles. The molecule has 1 aromatic heterocycles. The highest BCUT2D eigenvalue weighted by Crippen LogP contribution is 2.43. The van der Waals surface area contributed by atoms with Crippen LogP contribution < -0.4 is 4.90 Å². The molecule has 0 radical (unpaired) electrons. The SMILES string of the molecule is c1ccc(-c2cccc3cccc(-c4cccc(N(c5cccc(-n6c7ccccc7c7ccccc76)c5)c5ccc6ccc7ccccc7c6c5)c4)c23)cc1. The molecule has 0 atom stereocenters. The summed E-state index contributed by atoms with van der Waals surface area (Å²) in [6.45, 7) is 0. The molecule has 0 aliphatic heterocycles. The summed E-state index contributed by atoms with van der Waals surface area (Å²) in [5, 5.41) is 9.95. The van der Waals surface area contributed by atoms with Crippen LogP contribution in [0, 0.1) is 0 Å². The van der Waals surface area contributed by atoms with Gasteiger partial charge in [-0.15, -0.1) is 0 Å². The van der Waals surface area contributed by atoms with Gasteiger partial charge < -0.3 is 9.47 Å². The maximum absolute atomic E-state index is 2.42. The van der Waals surface area contributed by atoms with Crippen molar-refractivity contribution in [1.29, 1.82) is 0 Å². The fourth-order valence-electron chi connectivity index (χ4n) is 8.80. The second-order valence-electron chi connectivity index (χ2n) is 14.5. The number of aromatic nitrogens is 1. The van der Waals surface area contributed by atoms with Gasteiger partial charge in [-0.2, -0.15) is 0 Å². The van der Waals surface area contributed by atoms with Crippen molar-refractivity contribution >= 4 is 71.2 Å². The molecule has 0 unspecified atom stereocenters. The lowest BCUT2D eigenvalue weighted by atomic mass is 9.91. The second kappa shape index (κ2) is 13.2. The van der Waals surface area contributed by atoms with E-state index in [9.17, 15) is 0 Å². The minimum atomic E-state index is 1.09. The van der Waals surface area contributed by atoms with Crippen molar-refractivity contribution in [1.82, 2.24) is 4.57 Å². The van der Waals surface area contributed by atoms with Crippen molar-refractivity contribution < 1.29 is 0 Å². The highest BCUT2D eigenvalue weighted by atomic mass is 15.1. The van der Waals surface area contributed by atoms with Gasteiger partial charge in [-0.05, 0) is 109 Å². The minimum Gasteiger partial charge on any atom is -0.310 e. The maximum atomic E-state index is 2.42. The molecule has 0 spiro atoms. The quantitative estimate of drug-likeness (QED) is 0.156. The molecule has 11 rings (SSSR count). The van der Waals surface area contributed by atoms with Crippen molar-refractivity contribution in [3.8, 4) is 27.9 Å². The summed E-state index contributed by atoms with van der Waals surface area (Å²) in [6, 6.07) is 79.6. The molecule has 262 valence electrons. The monoisotopic (exact) mass is 712 g/mol. The van der Waals surface area contributed by atoms with Crippen LogP contribution in [0.25, 0.3) is 82.1 Å². The van der Waals surface area contributed by atoms with Crippen LogP contribution in [-0.4, -0.2) is 4.57 Å². The van der Waals surface area contributed by atoms with Crippen LogP contribution in [0.2, 0.25) is 0 Å². The third-order valence-corrected chi connectivity index (χ3v) is 11.3. The van der Waals surface area contributed by atoms with E-state index >= 15 is 0 Å². The van der Waals surface area contributed by atoms with Crippen molar-refractivity contribution in [2.24, 2.45) is 0 Å². The Kier molecular flexibility index (Phi) is 7.53. The summed E-state index contributed by atoms with van der Waals surface area (Å²) < 4.78 is 2.40. The number of hydrogen-bond donors (Lipinski definition) is 0. The predicted molar refractivity (Wildman–Crippen MR) is 239 cm³/mol. The van der Waals surface area contributed by atoms with Crippen molar-refractivity contribution in [2.45, 2.75) is 0 Å². The molecule has 0 saturated heterocycles. The molecule has 0 N–H and O–H groups in total. The van der Waals surface area contributed by atoms with Gasteiger partial charge in [0, 0.05) is 33.5 Å². The molecular weight excluding hydrogens is 677 g/mol. The lowest BCUT2D eigenvalue weighted by molar-refractivity contribution is 1.17. The fourth-order valence-corrected chi connectivity index (χ4v) is 8.80. The van der Waals surface area contributed by atoms with Crippen LogP contribution in [0.15, 0.2) is 218 Å². The summed E-state index contributed by atoms with van der Waals surface area (Å²) in [5.41, 5.74) is 11.6. The van der Waals surface area contributed by atoms with E-state index in [1.54, 1.807) is 0 Å². The summed E-state index contributed by atoms with van der Waals surface area (Å²) in [5.74, 6) is 0. The van der Waals surface area contributed by atoms with Gasteiger partial charge in [0.1, 0.15) is 0 Å². The maximum Gasteiger partial charge on any atom is 0.0541 e. The highest BCUT2D eigenvalue weighted by Gasteiger charge is 2.19. The van der Waals surface area contributed by atoms with Crippen molar-refractivity contribution in [3.05, 3.63) is 218 Å². The van der Waals surface area contributed by atoms with Gasteiger partial charge >= 0.3 is 0 Å². The third-order valence-electron chi connectivity index (χ3n) is 11.3. The summed E-state index contributed by atoms with van der Waals surface area (Å²) in [4.78, 5) is 2.42. The van der Waals surface area contributed by atoms with Gasteiger partial charge in [0.05, 0.1) is 11.0 Å². The van der Waals surface area contributed by atoms with Crippen LogP contribution in [-0.2, 0) is 0 Å². The van der Waals surface area contributed by atoms with Crippen LogP contribution in [0.3, 0.4) is 0 Å². The highest BCUT2D eigenvalue weighted by molar-refractivity contribution is 6.11. The zero-order valence-electron chi connectivity index (χ0n) is 30.7. The van der Waals surface area contributed by atoms with Crippen LogP contribution in [0.4, 0.5) is 17.1 Å². The Labute approximate surface area is 325 Å². The second-order valence-corrected chi connectivity index (χ2v) is 14.5. The minimum absolute atomic E-state index is 1.09. The van der Waals surface area contributed by atoms with Gasteiger partial charge in [0.15, 0.2) is 0 Å². The van der Waals surface area contributed by atoms with Crippen LogP contribution in [0.1, 0.15) is 0 Å². The average molecular weight is 713 g/mol. The van der Waals surface area contributed by atoms with Gasteiger partial charge in [-0.25, -0.2) is 0 Å². The number of para-hydroxylation sites is 2. The van der Waals surface area contributed by atoms with Crippen molar-refractivity contribution in [3.63, 3.8) is 0 Å². The standard InChI is InChI=1S/C54H36N2/c1-2-14-37(15-3-1)47-26-11-17-40-18-12-27-48(54(40)47)41-19-10-20-42(34-41)55(45-33-32-39-31-30-38-16-4-5-23-46(38)51(39)36-45)43-21-13-22-44(35-43)56-52-28-8-6-24-49(52)50-25-7-9-29-53(50)56/h1-36H. The first kappa shape index (κ1) is 32.0. The molecule has 10 aromatic carbocycles. The van der Waals surface area contributed by atoms with Gasteiger partial charge in [0.25, 0.3) is 0 Å². The summed E-state index contributed by atoms with van der Waals surface area (Å²) in [7, 11) is 0.